The average molecular weight is 423 g/mol. The van der Waals surface area contributed by atoms with Gasteiger partial charge >= 0.3 is 5.97 Å². The smallest absolute Gasteiger partial charge is 0.358 e. The molecule has 0 fully saturated rings. The summed E-state index contributed by atoms with van der Waals surface area (Å²) in [5.74, 6) is -3.02. The highest BCUT2D eigenvalue weighted by atomic mass is 32.2. The molecule has 10 nitrogen and oxygen atoms in total. The Balaban J connectivity index is 2.47. The molecule has 0 radical (unpaired) electrons. The Labute approximate surface area is 167 Å². The zero-order valence-electron chi connectivity index (χ0n) is 15.6. The molecule has 0 spiro atoms. The molecule has 0 bridgehead atoms. The number of benzene rings is 1. The molecule has 156 valence electrons. The maximum atomic E-state index is 12.8. The number of nitrogens with zero attached hydrogens (tertiary/aromatic N) is 1. The van der Waals surface area contributed by atoms with Gasteiger partial charge in [0.25, 0.3) is 11.3 Å². The summed E-state index contributed by atoms with van der Waals surface area (Å²) >= 11 is 0. The maximum Gasteiger partial charge on any atom is 0.358 e. The van der Waals surface area contributed by atoms with Crippen LogP contribution in [0.2, 0.25) is 0 Å². The van der Waals surface area contributed by atoms with Gasteiger partial charge in [0.15, 0.2) is 0 Å². The Kier molecular flexibility index (Phi) is 6.77. The molecule has 0 aliphatic rings. The number of nitrogens with one attached hydrogen (secondary N) is 1. The van der Waals surface area contributed by atoms with E-state index in [-0.39, 0.29) is 12.4 Å². The van der Waals surface area contributed by atoms with E-state index in [1.54, 1.807) is 30.3 Å². The minimum absolute atomic E-state index is 0.143. The summed E-state index contributed by atoms with van der Waals surface area (Å²) in [6.45, 7) is 1.34. The summed E-state index contributed by atoms with van der Waals surface area (Å²) in [7, 11) is -3.97. The molecule has 1 heterocycles. The van der Waals surface area contributed by atoms with E-state index in [0.29, 0.717) is 10.1 Å². The molecule has 1 amide bonds. The minimum Gasteiger partial charge on any atom is -0.478 e. The van der Waals surface area contributed by atoms with E-state index in [9.17, 15) is 27.9 Å². The first kappa shape index (κ1) is 22.1. The van der Waals surface area contributed by atoms with E-state index >= 15 is 0 Å². The van der Waals surface area contributed by atoms with E-state index in [0.717, 1.165) is 6.20 Å². The third kappa shape index (κ3) is 5.21. The molecule has 11 heteroatoms. The van der Waals surface area contributed by atoms with Crippen LogP contribution in [-0.4, -0.2) is 36.6 Å². The fourth-order valence-corrected chi connectivity index (χ4v) is 3.97. The van der Waals surface area contributed by atoms with Crippen molar-refractivity contribution in [3.05, 3.63) is 64.6 Å². The first-order valence-corrected chi connectivity index (χ1v) is 10.2. The Morgan fingerprint density at radius 1 is 1.21 bits per heavy atom. The summed E-state index contributed by atoms with van der Waals surface area (Å²) in [5, 5.41) is 9.67. The van der Waals surface area contributed by atoms with Crippen LogP contribution in [0.5, 0.6) is 0 Å². The van der Waals surface area contributed by atoms with Gasteiger partial charge in [-0.2, -0.15) is 0 Å². The van der Waals surface area contributed by atoms with Crippen molar-refractivity contribution in [3.63, 3.8) is 0 Å². The van der Waals surface area contributed by atoms with Gasteiger partial charge in [-0.25, -0.2) is 13.2 Å². The van der Waals surface area contributed by atoms with E-state index in [1.807, 2.05) is 0 Å². The van der Waals surface area contributed by atoms with Gasteiger partial charge < -0.3 is 15.6 Å². The second-order valence-electron chi connectivity index (χ2n) is 6.11. The highest BCUT2D eigenvalue weighted by Gasteiger charge is 2.44. The van der Waals surface area contributed by atoms with Gasteiger partial charge in [-0.1, -0.05) is 30.3 Å². The number of aromatic nitrogens is 1. The van der Waals surface area contributed by atoms with Crippen LogP contribution in [0.3, 0.4) is 0 Å². The SMILES string of the molecule is CCOC(CC(N)=O)(C(=O)O)n1cccc(NS(=O)(=O)Cc2ccccc2)c1=O. The van der Waals surface area contributed by atoms with Crippen molar-refractivity contribution in [2.45, 2.75) is 24.8 Å². The highest BCUT2D eigenvalue weighted by molar-refractivity contribution is 7.91. The Hall–Kier alpha value is -3.18. The number of primary amides is 1. The van der Waals surface area contributed by atoms with Crippen LogP contribution in [0.4, 0.5) is 5.69 Å². The van der Waals surface area contributed by atoms with Crippen LogP contribution in [0.1, 0.15) is 18.9 Å². The number of sulfonamides is 1. The fraction of sp³-hybridized carbons (Fsp3) is 0.278. The van der Waals surface area contributed by atoms with E-state index in [1.165, 1.54) is 19.1 Å². The minimum atomic E-state index is -3.97. The van der Waals surface area contributed by atoms with Gasteiger partial charge in [-0.15, -0.1) is 0 Å². The zero-order chi connectivity index (χ0) is 21.7. The molecule has 2 rings (SSSR count). The van der Waals surface area contributed by atoms with Gasteiger partial charge in [0.2, 0.25) is 15.9 Å². The van der Waals surface area contributed by atoms with Crippen LogP contribution in [0, 0.1) is 0 Å². The van der Waals surface area contributed by atoms with Crippen LogP contribution in [0.25, 0.3) is 0 Å². The largest absolute Gasteiger partial charge is 0.478 e. The Morgan fingerprint density at radius 3 is 2.41 bits per heavy atom. The third-order valence-electron chi connectivity index (χ3n) is 3.93. The number of hydrogen-bond acceptors (Lipinski definition) is 6. The molecular weight excluding hydrogens is 402 g/mol. The van der Waals surface area contributed by atoms with Crippen molar-refractivity contribution in [2.75, 3.05) is 11.3 Å². The van der Waals surface area contributed by atoms with Gasteiger partial charge in [0.05, 0.1) is 12.2 Å². The van der Waals surface area contributed by atoms with Crippen LogP contribution in [-0.2, 0) is 35.8 Å². The summed E-state index contributed by atoms with van der Waals surface area (Å²) < 4.78 is 32.9. The standard InChI is InChI=1S/C18H21N3O7S/c1-2-28-18(17(24)25,11-15(19)22)21-10-6-9-14(16(21)23)20-29(26,27)12-13-7-4-3-5-8-13/h3-10,20H,2,11-12H2,1H3,(H2,19,22)(H,24,25). The van der Waals surface area contributed by atoms with Gasteiger partial charge in [0, 0.05) is 12.8 Å². The number of carbonyl (C=O) groups is 2. The molecule has 1 aromatic carbocycles. The predicted octanol–water partition coefficient (Wildman–Crippen LogP) is 0.440. The molecule has 1 unspecified atom stereocenters. The molecule has 0 aliphatic heterocycles. The number of nitrogens with two attached hydrogens (primary N) is 1. The average Bonchev–Trinajstić information content (AvgIpc) is 2.62. The van der Waals surface area contributed by atoms with Crippen LogP contribution >= 0.6 is 0 Å². The molecule has 29 heavy (non-hydrogen) atoms. The molecule has 1 aromatic heterocycles. The van der Waals surface area contributed by atoms with Gasteiger partial charge in [-0.05, 0) is 24.6 Å². The lowest BCUT2D eigenvalue weighted by atomic mass is 10.1. The molecular formula is C18H21N3O7S. The molecule has 1 atom stereocenters. The molecule has 0 saturated carbocycles. The van der Waals surface area contributed by atoms with Crippen molar-refractivity contribution in [3.8, 4) is 0 Å². The van der Waals surface area contributed by atoms with Crippen molar-refractivity contribution >= 4 is 27.6 Å². The van der Waals surface area contributed by atoms with Crippen molar-refractivity contribution < 1.29 is 27.9 Å². The number of anilines is 1. The lowest BCUT2D eigenvalue weighted by Crippen LogP contribution is -2.52. The van der Waals surface area contributed by atoms with E-state index in [4.69, 9.17) is 10.5 Å². The Bertz CT molecular complexity index is 1050. The Morgan fingerprint density at radius 2 is 1.86 bits per heavy atom. The topological polar surface area (TPSA) is 158 Å². The normalized spacial score (nSPS) is 13.4. The molecule has 2 aromatic rings. The number of carbonyl (C=O) groups excluding carboxylic acids is 1. The maximum absolute atomic E-state index is 12.8. The summed E-state index contributed by atoms with van der Waals surface area (Å²) in [6.07, 6.45) is 0.264. The van der Waals surface area contributed by atoms with Crippen LogP contribution in [0.15, 0.2) is 53.5 Å². The quantitative estimate of drug-likeness (QED) is 0.500. The van der Waals surface area contributed by atoms with Crippen LogP contribution < -0.4 is 16.0 Å². The number of ether oxygens (including phenoxy) is 1. The second-order valence-corrected chi connectivity index (χ2v) is 7.83. The lowest BCUT2D eigenvalue weighted by Gasteiger charge is -2.30. The summed E-state index contributed by atoms with van der Waals surface area (Å²) in [6, 6.07) is 10.8. The molecule has 0 aliphatic carbocycles. The highest BCUT2D eigenvalue weighted by Crippen LogP contribution is 2.23. The molecule has 4 N–H and O–H groups in total. The second kappa shape index (κ2) is 8.88. The van der Waals surface area contributed by atoms with Crippen molar-refractivity contribution in [1.29, 1.82) is 0 Å². The van der Waals surface area contributed by atoms with Gasteiger partial charge in [-0.3, -0.25) is 18.9 Å². The summed E-state index contributed by atoms with van der Waals surface area (Å²) in [4.78, 5) is 36.2. The molecule has 0 saturated heterocycles. The van der Waals surface area contributed by atoms with E-state index < -0.39 is 45.3 Å². The number of rotatable bonds is 10. The number of hydrogen-bond donors (Lipinski definition) is 3. The zero-order valence-corrected chi connectivity index (χ0v) is 16.4. The number of amides is 1. The fourth-order valence-electron chi connectivity index (χ4n) is 2.77. The summed E-state index contributed by atoms with van der Waals surface area (Å²) in [5.41, 5.74) is 1.86. The van der Waals surface area contributed by atoms with Gasteiger partial charge in [0.1, 0.15) is 5.69 Å². The number of carboxylic acid groups (broad SMARTS) is 1. The third-order valence-corrected chi connectivity index (χ3v) is 5.18. The van der Waals surface area contributed by atoms with Crippen molar-refractivity contribution in [2.24, 2.45) is 5.73 Å². The first-order valence-electron chi connectivity index (χ1n) is 8.53. The monoisotopic (exact) mass is 423 g/mol. The number of carboxylic acids is 1. The number of pyridine rings is 1. The first-order chi connectivity index (χ1) is 13.6. The predicted molar refractivity (Wildman–Crippen MR) is 104 cm³/mol. The lowest BCUT2D eigenvalue weighted by molar-refractivity contribution is -0.185. The van der Waals surface area contributed by atoms with Crippen molar-refractivity contribution in [1.82, 2.24) is 4.57 Å². The van der Waals surface area contributed by atoms with E-state index in [2.05, 4.69) is 4.72 Å². The number of aliphatic carboxylic acids is 1.